The number of phosphoric ester groups is 1. The highest BCUT2D eigenvalue weighted by atomic mass is 31.2. The average molecular weight is 812 g/mol. The number of aliphatic hydroxyl groups excluding tert-OH is 1. The quantitative estimate of drug-likeness (QED) is 0.0161. The molecule has 0 aromatic carbocycles. The molecule has 0 aromatic heterocycles. The molecular formula is C45H82NO9P. The molecule has 0 fully saturated rings. The summed E-state index contributed by atoms with van der Waals surface area (Å²) >= 11 is 0. The van der Waals surface area contributed by atoms with Crippen molar-refractivity contribution in [3.8, 4) is 0 Å². The van der Waals surface area contributed by atoms with Crippen LogP contribution in [0.1, 0.15) is 168 Å². The van der Waals surface area contributed by atoms with Crippen LogP contribution in [0, 0.1) is 0 Å². The van der Waals surface area contributed by atoms with Gasteiger partial charge in [0, 0.05) is 12.8 Å². The highest BCUT2D eigenvalue weighted by Crippen LogP contribution is 2.38. The van der Waals surface area contributed by atoms with Crippen LogP contribution in [0.2, 0.25) is 0 Å². The molecule has 0 saturated heterocycles. The lowest BCUT2D eigenvalue weighted by Crippen LogP contribution is -2.37. The Bertz CT molecular complexity index is 1120. The van der Waals surface area contributed by atoms with Gasteiger partial charge < -0.3 is 33.0 Å². The molecule has 56 heavy (non-hydrogen) atoms. The second-order valence-corrected chi connectivity index (χ2v) is 17.3. The molecule has 0 aromatic rings. The summed E-state index contributed by atoms with van der Waals surface area (Å²) in [4.78, 5) is 37.5. The van der Waals surface area contributed by atoms with E-state index >= 15 is 0 Å². The van der Waals surface area contributed by atoms with Crippen molar-refractivity contribution in [2.24, 2.45) is 0 Å². The van der Waals surface area contributed by atoms with E-state index in [0.717, 1.165) is 25.7 Å². The number of rotatable bonds is 39. The average Bonchev–Trinajstić information content (AvgIpc) is 3.14. The number of hydrogen-bond acceptors (Lipinski definition) is 9. The van der Waals surface area contributed by atoms with Crippen LogP contribution in [0.5, 0.6) is 0 Å². The molecule has 0 rings (SSSR count). The summed E-state index contributed by atoms with van der Waals surface area (Å²) < 4.78 is 33.8. The fraction of sp³-hybridized carbons (Fsp3) is 0.778. The molecule has 0 saturated carbocycles. The maximum Gasteiger partial charge on any atom is 0.306 e. The lowest BCUT2D eigenvalue weighted by atomic mass is 10.0. The van der Waals surface area contributed by atoms with Crippen LogP contribution in [0.15, 0.2) is 48.6 Å². The van der Waals surface area contributed by atoms with E-state index in [1.54, 1.807) is 6.08 Å². The molecular weight excluding hydrogens is 729 g/mol. The van der Waals surface area contributed by atoms with E-state index in [0.29, 0.717) is 36.7 Å². The Morgan fingerprint density at radius 2 is 1.21 bits per heavy atom. The van der Waals surface area contributed by atoms with Crippen molar-refractivity contribution >= 4 is 19.8 Å². The standard InChI is InChI=1S/C45H82NO9P/c1-6-8-10-12-14-15-16-17-18-19-20-24-28-32-36-44(48)52-40-43(41-54-56(50,51)53-39-38-46(3,4)5)55-45(49)37-33-29-25-22-21-23-27-31-35-42(47)34-30-26-13-11-9-7-2/h22-23,25-27,30-31,35,42-43,47H,6-21,24,28-29,32-34,36-41H2,1-5H3/b25-22-,27-23-,30-26-,35-31+. The Morgan fingerprint density at radius 3 is 1.84 bits per heavy atom. The fourth-order valence-corrected chi connectivity index (χ4v) is 6.40. The first-order chi connectivity index (χ1) is 26.9. The van der Waals surface area contributed by atoms with Gasteiger partial charge >= 0.3 is 11.9 Å². The first-order valence-corrected chi connectivity index (χ1v) is 23.4. The molecule has 11 heteroatoms. The zero-order chi connectivity index (χ0) is 41.6. The third-order valence-electron chi connectivity index (χ3n) is 9.18. The summed E-state index contributed by atoms with van der Waals surface area (Å²) in [6.45, 7) is 4.04. The second-order valence-electron chi connectivity index (χ2n) is 15.9. The van der Waals surface area contributed by atoms with E-state index in [1.807, 2.05) is 57.6 Å². The molecule has 0 radical (unpaired) electrons. The van der Waals surface area contributed by atoms with Crippen LogP contribution >= 0.6 is 7.82 Å². The van der Waals surface area contributed by atoms with Crippen LogP contribution in [-0.2, 0) is 32.7 Å². The molecule has 10 nitrogen and oxygen atoms in total. The number of phosphoric acid groups is 1. The third kappa shape index (κ3) is 40.1. The topological polar surface area (TPSA) is 131 Å². The maximum absolute atomic E-state index is 12.6. The smallest absolute Gasteiger partial charge is 0.306 e. The van der Waals surface area contributed by atoms with Gasteiger partial charge in [0.15, 0.2) is 6.10 Å². The van der Waals surface area contributed by atoms with Crippen LogP contribution in [0.4, 0.5) is 0 Å². The van der Waals surface area contributed by atoms with Crippen molar-refractivity contribution in [1.82, 2.24) is 0 Å². The molecule has 3 unspecified atom stereocenters. The minimum Gasteiger partial charge on any atom is -0.756 e. The van der Waals surface area contributed by atoms with E-state index in [1.165, 1.54) is 89.9 Å². The SMILES string of the molecule is CCCCC/C=C\CC(O)/C=C/C=C\C/C=C\CCCC(=O)OC(COC(=O)CCCCCCCCCCCCCCCC)COP(=O)([O-])OCC[N+](C)(C)C. The summed E-state index contributed by atoms with van der Waals surface area (Å²) in [7, 11) is 1.09. The van der Waals surface area contributed by atoms with Gasteiger partial charge in [0.1, 0.15) is 19.8 Å². The van der Waals surface area contributed by atoms with Gasteiger partial charge in [-0.25, -0.2) is 0 Å². The number of aliphatic hydroxyl groups is 1. The molecule has 0 amide bonds. The van der Waals surface area contributed by atoms with E-state index < -0.39 is 38.6 Å². The molecule has 3 atom stereocenters. The van der Waals surface area contributed by atoms with Crippen molar-refractivity contribution in [2.75, 3.05) is 47.5 Å². The Balaban J connectivity index is 4.53. The summed E-state index contributed by atoms with van der Waals surface area (Å²) in [5.74, 6) is -0.938. The van der Waals surface area contributed by atoms with Crippen molar-refractivity contribution in [2.45, 2.75) is 180 Å². The molecule has 0 spiro atoms. The van der Waals surface area contributed by atoms with Gasteiger partial charge in [0.05, 0.1) is 33.9 Å². The van der Waals surface area contributed by atoms with E-state index in [-0.39, 0.29) is 26.1 Å². The first-order valence-electron chi connectivity index (χ1n) is 22.0. The second kappa shape index (κ2) is 37.2. The largest absolute Gasteiger partial charge is 0.756 e. The van der Waals surface area contributed by atoms with Crippen LogP contribution in [0.25, 0.3) is 0 Å². The number of hydrogen-bond donors (Lipinski definition) is 1. The number of quaternary nitrogens is 1. The van der Waals surface area contributed by atoms with Gasteiger partial charge in [0.2, 0.25) is 0 Å². The Hall–Kier alpha value is -2.07. The highest BCUT2D eigenvalue weighted by molar-refractivity contribution is 7.45. The van der Waals surface area contributed by atoms with E-state index in [2.05, 4.69) is 19.9 Å². The van der Waals surface area contributed by atoms with Crippen LogP contribution in [-0.4, -0.2) is 81.2 Å². The molecule has 326 valence electrons. The van der Waals surface area contributed by atoms with Crippen LogP contribution in [0.3, 0.4) is 0 Å². The molecule has 0 bridgehead atoms. The minimum atomic E-state index is -4.65. The highest BCUT2D eigenvalue weighted by Gasteiger charge is 2.21. The Morgan fingerprint density at radius 1 is 0.661 bits per heavy atom. The monoisotopic (exact) mass is 812 g/mol. The van der Waals surface area contributed by atoms with Crippen LogP contribution < -0.4 is 4.89 Å². The van der Waals surface area contributed by atoms with Gasteiger partial charge in [-0.05, 0) is 44.9 Å². The summed E-state index contributed by atoms with van der Waals surface area (Å²) in [5.41, 5.74) is 0. The van der Waals surface area contributed by atoms with Gasteiger partial charge in [-0.3, -0.25) is 14.2 Å². The summed E-state index contributed by atoms with van der Waals surface area (Å²) in [6, 6.07) is 0. The van der Waals surface area contributed by atoms with Crippen molar-refractivity contribution in [3.63, 3.8) is 0 Å². The Labute approximate surface area is 342 Å². The normalized spacial score (nSPS) is 14.6. The van der Waals surface area contributed by atoms with Gasteiger partial charge in [-0.2, -0.15) is 0 Å². The predicted octanol–water partition coefficient (Wildman–Crippen LogP) is 10.6. The number of esters is 2. The number of carbonyl (C=O) groups is 2. The molecule has 0 aliphatic carbocycles. The van der Waals surface area contributed by atoms with Gasteiger partial charge in [-0.1, -0.05) is 159 Å². The van der Waals surface area contributed by atoms with Gasteiger partial charge in [0.25, 0.3) is 7.82 Å². The Kier molecular flexibility index (Phi) is 35.8. The maximum atomic E-state index is 12.6. The summed E-state index contributed by atoms with van der Waals surface area (Å²) in [6.07, 6.45) is 38.8. The number of unbranched alkanes of at least 4 members (excludes halogenated alkanes) is 17. The molecule has 1 N–H and O–H groups in total. The molecule has 0 heterocycles. The van der Waals surface area contributed by atoms with Gasteiger partial charge in [-0.15, -0.1) is 0 Å². The minimum absolute atomic E-state index is 0.0524. The summed E-state index contributed by atoms with van der Waals surface area (Å²) in [5, 5.41) is 10.0. The van der Waals surface area contributed by atoms with Crippen molar-refractivity contribution < 1.29 is 47.2 Å². The van der Waals surface area contributed by atoms with E-state index in [9.17, 15) is 24.2 Å². The molecule has 0 aliphatic heterocycles. The lowest BCUT2D eigenvalue weighted by Gasteiger charge is -2.28. The lowest BCUT2D eigenvalue weighted by molar-refractivity contribution is -0.870. The van der Waals surface area contributed by atoms with Crippen molar-refractivity contribution in [1.29, 1.82) is 0 Å². The zero-order valence-electron chi connectivity index (χ0n) is 36.2. The van der Waals surface area contributed by atoms with Crippen molar-refractivity contribution in [3.05, 3.63) is 48.6 Å². The number of carbonyl (C=O) groups excluding carboxylic acids is 2. The number of likely N-dealkylation sites (N-methyl/N-ethyl adjacent to an activating group) is 1. The number of allylic oxidation sites excluding steroid dienone is 6. The number of nitrogens with zero attached hydrogens (tertiary/aromatic N) is 1. The molecule has 0 aliphatic rings. The zero-order valence-corrected chi connectivity index (χ0v) is 37.1. The fourth-order valence-electron chi connectivity index (χ4n) is 5.67. The first kappa shape index (κ1) is 53.9. The predicted molar refractivity (Wildman–Crippen MR) is 228 cm³/mol. The third-order valence-corrected chi connectivity index (χ3v) is 10.1. The number of ether oxygens (including phenoxy) is 2. The van der Waals surface area contributed by atoms with E-state index in [4.69, 9.17) is 18.5 Å².